The highest BCUT2D eigenvalue weighted by Gasteiger charge is 2.42. The summed E-state index contributed by atoms with van der Waals surface area (Å²) in [6.07, 6.45) is 4.14. The van der Waals surface area contributed by atoms with Crippen molar-refractivity contribution in [1.82, 2.24) is 4.90 Å². The molecule has 1 saturated carbocycles. The summed E-state index contributed by atoms with van der Waals surface area (Å²) in [5, 5.41) is 0. The van der Waals surface area contributed by atoms with Gasteiger partial charge in [0.1, 0.15) is 0 Å². The molecule has 0 aromatic carbocycles. The van der Waals surface area contributed by atoms with Crippen LogP contribution in [0.2, 0.25) is 0 Å². The molecule has 82 valence electrons. The number of nitrogens with zero attached hydrogens (tertiary/aromatic N) is 1. The van der Waals surface area contributed by atoms with Gasteiger partial charge in [-0.2, -0.15) is 11.8 Å². The molecule has 14 heavy (non-hydrogen) atoms. The minimum atomic E-state index is 0.312. The number of rotatable bonds is 4. The van der Waals surface area contributed by atoms with Gasteiger partial charge >= 0.3 is 0 Å². The van der Waals surface area contributed by atoms with E-state index in [4.69, 9.17) is 5.73 Å². The van der Waals surface area contributed by atoms with Gasteiger partial charge in [0.15, 0.2) is 0 Å². The lowest BCUT2D eigenvalue weighted by Crippen LogP contribution is -2.56. The Kier molecular flexibility index (Phi) is 3.10. The van der Waals surface area contributed by atoms with E-state index in [-0.39, 0.29) is 0 Å². The van der Waals surface area contributed by atoms with Crippen molar-refractivity contribution in [3.8, 4) is 0 Å². The quantitative estimate of drug-likeness (QED) is 0.770. The van der Waals surface area contributed by atoms with Gasteiger partial charge in [0.25, 0.3) is 0 Å². The van der Waals surface area contributed by atoms with Gasteiger partial charge in [0.05, 0.1) is 0 Å². The third-order valence-electron chi connectivity index (χ3n) is 4.13. The molecule has 1 heterocycles. The first-order chi connectivity index (χ1) is 6.69. The Morgan fingerprint density at radius 2 is 2.29 bits per heavy atom. The zero-order valence-electron chi connectivity index (χ0n) is 9.33. The molecule has 0 aromatic heterocycles. The fraction of sp³-hybridized carbons (Fsp3) is 1.00. The average molecular weight is 214 g/mol. The summed E-state index contributed by atoms with van der Waals surface area (Å²) in [4.78, 5) is 2.57. The molecule has 0 amide bonds. The van der Waals surface area contributed by atoms with Gasteiger partial charge in [-0.15, -0.1) is 0 Å². The van der Waals surface area contributed by atoms with Gasteiger partial charge in [-0.25, -0.2) is 0 Å². The first-order valence-electron chi connectivity index (χ1n) is 5.70. The fourth-order valence-electron chi connectivity index (χ4n) is 2.51. The van der Waals surface area contributed by atoms with Crippen molar-refractivity contribution in [3.05, 3.63) is 0 Å². The van der Waals surface area contributed by atoms with Gasteiger partial charge in [0.2, 0.25) is 0 Å². The van der Waals surface area contributed by atoms with E-state index in [0.717, 1.165) is 18.5 Å². The molecule has 1 saturated heterocycles. The van der Waals surface area contributed by atoms with E-state index in [2.05, 4.69) is 30.6 Å². The summed E-state index contributed by atoms with van der Waals surface area (Å²) in [6, 6.07) is 0.734. The maximum Gasteiger partial charge on any atom is 0.0429 e. The fourth-order valence-corrected chi connectivity index (χ4v) is 4.02. The molecule has 2 fully saturated rings. The monoisotopic (exact) mass is 214 g/mol. The molecule has 3 heteroatoms. The van der Waals surface area contributed by atoms with E-state index >= 15 is 0 Å². The molecular weight excluding hydrogens is 192 g/mol. The highest BCUT2D eigenvalue weighted by Crippen LogP contribution is 2.40. The SMILES string of the molecule is CC(C1CC1)N(C)C1(CN)CCSC1. The lowest BCUT2D eigenvalue weighted by atomic mass is 9.94. The molecule has 0 radical (unpaired) electrons. The number of nitrogens with two attached hydrogens (primary N) is 1. The summed E-state index contributed by atoms with van der Waals surface area (Å²) in [5.74, 6) is 3.48. The maximum absolute atomic E-state index is 5.97. The molecule has 2 nitrogen and oxygen atoms in total. The lowest BCUT2D eigenvalue weighted by molar-refractivity contribution is 0.0950. The van der Waals surface area contributed by atoms with E-state index in [1.54, 1.807) is 0 Å². The van der Waals surface area contributed by atoms with E-state index in [9.17, 15) is 0 Å². The summed E-state index contributed by atoms with van der Waals surface area (Å²) >= 11 is 2.06. The second-order valence-electron chi connectivity index (χ2n) is 4.92. The van der Waals surface area contributed by atoms with Crippen molar-refractivity contribution in [2.75, 3.05) is 25.1 Å². The standard InChI is InChI=1S/C11H22N2S/c1-9(10-3-4-10)13(2)11(7-12)5-6-14-8-11/h9-10H,3-8,12H2,1-2H3. The summed E-state index contributed by atoms with van der Waals surface area (Å²) < 4.78 is 0. The van der Waals surface area contributed by atoms with Crippen LogP contribution in [0.15, 0.2) is 0 Å². The van der Waals surface area contributed by atoms with Crippen molar-refractivity contribution >= 4 is 11.8 Å². The van der Waals surface area contributed by atoms with Crippen LogP contribution >= 0.6 is 11.8 Å². The molecule has 1 aliphatic heterocycles. The van der Waals surface area contributed by atoms with Crippen LogP contribution < -0.4 is 5.73 Å². The number of likely N-dealkylation sites (N-methyl/N-ethyl adjacent to an activating group) is 1. The highest BCUT2D eigenvalue weighted by molar-refractivity contribution is 7.99. The minimum absolute atomic E-state index is 0.312. The first kappa shape index (κ1) is 10.8. The Labute approximate surface area is 91.6 Å². The van der Waals surface area contributed by atoms with Crippen LogP contribution in [0.4, 0.5) is 0 Å². The third-order valence-corrected chi connectivity index (χ3v) is 5.36. The normalized spacial score (nSPS) is 35.1. The van der Waals surface area contributed by atoms with Gasteiger partial charge in [-0.3, -0.25) is 4.90 Å². The van der Waals surface area contributed by atoms with Crippen molar-refractivity contribution in [2.45, 2.75) is 37.8 Å². The van der Waals surface area contributed by atoms with Gasteiger partial charge in [-0.1, -0.05) is 0 Å². The molecule has 1 aliphatic carbocycles. The van der Waals surface area contributed by atoms with Crippen molar-refractivity contribution in [2.24, 2.45) is 11.7 Å². The number of hydrogen-bond acceptors (Lipinski definition) is 3. The summed E-state index contributed by atoms with van der Waals surface area (Å²) in [6.45, 7) is 3.20. The van der Waals surface area contributed by atoms with Crippen molar-refractivity contribution < 1.29 is 0 Å². The van der Waals surface area contributed by atoms with Crippen LogP contribution in [0.5, 0.6) is 0 Å². The van der Waals surface area contributed by atoms with Crippen LogP contribution in [0, 0.1) is 5.92 Å². The van der Waals surface area contributed by atoms with Gasteiger partial charge in [0, 0.05) is 23.9 Å². The largest absolute Gasteiger partial charge is 0.329 e. The zero-order valence-corrected chi connectivity index (χ0v) is 10.1. The molecule has 2 rings (SSSR count). The Morgan fingerprint density at radius 3 is 2.71 bits per heavy atom. The molecule has 2 N–H and O–H groups in total. The average Bonchev–Trinajstić information content (AvgIpc) is 2.94. The van der Waals surface area contributed by atoms with Crippen molar-refractivity contribution in [3.63, 3.8) is 0 Å². The topological polar surface area (TPSA) is 29.3 Å². The molecule has 0 spiro atoms. The third kappa shape index (κ3) is 1.82. The molecular formula is C11H22N2S. The second kappa shape index (κ2) is 4.03. The van der Waals surface area contributed by atoms with Crippen LogP contribution in [-0.4, -0.2) is 41.6 Å². The minimum Gasteiger partial charge on any atom is -0.329 e. The lowest BCUT2D eigenvalue weighted by Gasteiger charge is -2.41. The van der Waals surface area contributed by atoms with E-state index in [1.807, 2.05) is 0 Å². The zero-order chi connectivity index (χ0) is 10.2. The Balaban J connectivity index is 2.02. The summed E-state index contributed by atoms with van der Waals surface area (Å²) in [5.41, 5.74) is 6.29. The van der Waals surface area contributed by atoms with Crippen LogP contribution in [0.1, 0.15) is 26.2 Å². The maximum atomic E-state index is 5.97. The van der Waals surface area contributed by atoms with E-state index in [0.29, 0.717) is 5.54 Å². The van der Waals surface area contributed by atoms with Crippen LogP contribution in [0.3, 0.4) is 0 Å². The molecule has 2 aliphatic rings. The summed E-state index contributed by atoms with van der Waals surface area (Å²) in [7, 11) is 2.28. The number of thioether (sulfide) groups is 1. The Hall–Kier alpha value is 0.270. The predicted molar refractivity (Wildman–Crippen MR) is 63.7 cm³/mol. The Morgan fingerprint density at radius 1 is 1.57 bits per heavy atom. The molecule has 0 bridgehead atoms. The molecule has 2 atom stereocenters. The van der Waals surface area contributed by atoms with Crippen LogP contribution in [0.25, 0.3) is 0 Å². The highest BCUT2D eigenvalue weighted by atomic mass is 32.2. The van der Waals surface area contributed by atoms with Crippen LogP contribution in [-0.2, 0) is 0 Å². The number of hydrogen-bond donors (Lipinski definition) is 1. The Bertz CT molecular complexity index is 197. The van der Waals surface area contributed by atoms with E-state index < -0.39 is 0 Å². The predicted octanol–water partition coefficient (Wildman–Crippen LogP) is 1.55. The molecule has 2 unspecified atom stereocenters. The molecule has 0 aromatic rings. The first-order valence-corrected chi connectivity index (χ1v) is 6.86. The van der Waals surface area contributed by atoms with E-state index in [1.165, 1.54) is 30.8 Å². The van der Waals surface area contributed by atoms with Gasteiger partial charge in [-0.05, 0) is 44.9 Å². The smallest absolute Gasteiger partial charge is 0.0429 e. The second-order valence-corrected chi connectivity index (χ2v) is 6.03. The van der Waals surface area contributed by atoms with Crippen molar-refractivity contribution in [1.29, 1.82) is 0 Å². The van der Waals surface area contributed by atoms with Gasteiger partial charge < -0.3 is 5.73 Å².